The van der Waals surface area contributed by atoms with E-state index in [2.05, 4.69) is 25.5 Å². The fraction of sp³-hybridized carbons (Fsp3) is 0.0909. The number of fused-ring (bicyclic) bond motifs is 1. The lowest BCUT2D eigenvalue weighted by atomic mass is 10.2. The van der Waals surface area contributed by atoms with Gasteiger partial charge in [0, 0.05) is 28.0 Å². The molecule has 0 fully saturated rings. The summed E-state index contributed by atoms with van der Waals surface area (Å²) in [4.78, 5) is 20.3. The first-order valence-corrected chi connectivity index (χ1v) is 11.3. The molecule has 3 aromatic heterocycles. The molecule has 0 radical (unpaired) electrons. The van der Waals surface area contributed by atoms with Crippen LogP contribution in [-0.2, 0) is 4.79 Å². The standard InChI is InChI=1S/C22H17N5O2S2/c1-13(19(28)25-21-24-18(12-30-21)14-7-3-2-4-8-14)31-22-27-26-20(29-22)16-11-23-17-10-6-5-9-15(16)17/h2-13,23H,1H3,(H,24,25,28)/t13-/m1/s1. The predicted molar refractivity (Wildman–Crippen MR) is 123 cm³/mol. The minimum Gasteiger partial charge on any atom is -0.411 e. The van der Waals surface area contributed by atoms with Crippen molar-refractivity contribution >= 4 is 45.0 Å². The summed E-state index contributed by atoms with van der Waals surface area (Å²) in [7, 11) is 0. The van der Waals surface area contributed by atoms with Gasteiger partial charge in [0.1, 0.15) is 0 Å². The summed E-state index contributed by atoms with van der Waals surface area (Å²) in [6.07, 6.45) is 1.84. The Morgan fingerprint density at radius 2 is 1.94 bits per heavy atom. The molecular weight excluding hydrogens is 430 g/mol. The Labute approximate surface area is 185 Å². The highest BCUT2D eigenvalue weighted by molar-refractivity contribution is 8.00. The second-order valence-corrected chi connectivity index (χ2v) is 8.92. The molecule has 2 aromatic carbocycles. The van der Waals surface area contributed by atoms with Crippen LogP contribution in [0.3, 0.4) is 0 Å². The van der Waals surface area contributed by atoms with Crippen molar-refractivity contribution in [3.05, 3.63) is 66.2 Å². The number of anilines is 1. The number of carbonyl (C=O) groups is 1. The lowest BCUT2D eigenvalue weighted by Gasteiger charge is -2.07. The van der Waals surface area contributed by atoms with E-state index in [-0.39, 0.29) is 5.91 Å². The van der Waals surface area contributed by atoms with Gasteiger partial charge < -0.3 is 14.7 Å². The molecule has 31 heavy (non-hydrogen) atoms. The van der Waals surface area contributed by atoms with Crippen LogP contribution < -0.4 is 5.32 Å². The molecule has 0 aliphatic rings. The fourth-order valence-corrected chi connectivity index (χ4v) is 4.51. The minimum atomic E-state index is -0.430. The Balaban J connectivity index is 1.25. The maximum absolute atomic E-state index is 12.6. The van der Waals surface area contributed by atoms with Crippen molar-refractivity contribution in [2.75, 3.05) is 5.32 Å². The lowest BCUT2D eigenvalue weighted by molar-refractivity contribution is -0.115. The molecule has 0 saturated heterocycles. The molecule has 1 atom stereocenters. The van der Waals surface area contributed by atoms with E-state index in [0.29, 0.717) is 16.2 Å². The van der Waals surface area contributed by atoms with Crippen LogP contribution in [0, 0.1) is 0 Å². The van der Waals surface area contributed by atoms with Crippen LogP contribution >= 0.6 is 23.1 Å². The van der Waals surface area contributed by atoms with Crippen molar-refractivity contribution in [2.24, 2.45) is 0 Å². The molecule has 0 bridgehead atoms. The zero-order chi connectivity index (χ0) is 21.2. The third kappa shape index (κ3) is 4.10. The van der Waals surface area contributed by atoms with E-state index in [1.54, 1.807) is 6.92 Å². The molecule has 0 unspecified atom stereocenters. The Bertz CT molecular complexity index is 1340. The summed E-state index contributed by atoms with van der Waals surface area (Å²) in [5, 5.41) is 14.5. The lowest BCUT2D eigenvalue weighted by Crippen LogP contribution is -2.22. The molecule has 0 aliphatic heterocycles. The number of thioether (sulfide) groups is 1. The molecule has 154 valence electrons. The zero-order valence-corrected chi connectivity index (χ0v) is 18.0. The van der Waals surface area contributed by atoms with E-state index in [9.17, 15) is 4.79 Å². The fourth-order valence-electron chi connectivity index (χ4n) is 3.10. The summed E-state index contributed by atoms with van der Waals surface area (Å²) in [5.74, 6) is 0.241. The van der Waals surface area contributed by atoms with Gasteiger partial charge in [0.15, 0.2) is 5.13 Å². The molecular formula is C22H17N5O2S2. The van der Waals surface area contributed by atoms with Gasteiger partial charge in [-0.05, 0) is 13.0 Å². The van der Waals surface area contributed by atoms with Gasteiger partial charge >= 0.3 is 0 Å². The number of rotatable bonds is 6. The Morgan fingerprint density at radius 1 is 1.13 bits per heavy atom. The second kappa shape index (κ2) is 8.37. The average molecular weight is 448 g/mol. The normalized spacial score (nSPS) is 12.2. The van der Waals surface area contributed by atoms with Gasteiger partial charge in [-0.15, -0.1) is 21.5 Å². The van der Waals surface area contributed by atoms with Crippen LogP contribution in [0.1, 0.15) is 6.92 Å². The number of para-hydroxylation sites is 1. The molecule has 3 heterocycles. The Hall–Kier alpha value is -3.43. The van der Waals surface area contributed by atoms with Gasteiger partial charge in [0.2, 0.25) is 5.91 Å². The van der Waals surface area contributed by atoms with Crippen molar-refractivity contribution in [1.82, 2.24) is 20.2 Å². The number of nitrogens with zero attached hydrogens (tertiary/aromatic N) is 3. The van der Waals surface area contributed by atoms with Crippen LogP contribution in [0.5, 0.6) is 0 Å². The molecule has 1 amide bonds. The van der Waals surface area contributed by atoms with Crippen molar-refractivity contribution in [3.8, 4) is 22.7 Å². The highest BCUT2D eigenvalue weighted by atomic mass is 32.2. The SMILES string of the molecule is C[C@@H](Sc1nnc(-c2c[nH]c3ccccc23)o1)C(=O)Nc1nc(-c2ccccc2)cs1. The first-order chi connectivity index (χ1) is 15.2. The van der Waals surface area contributed by atoms with E-state index in [4.69, 9.17) is 4.42 Å². The molecule has 5 rings (SSSR count). The maximum atomic E-state index is 12.6. The van der Waals surface area contributed by atoms with E-state index in [1.807, 2.05) is 66.2 Å². The number of aromatic nitrogens is 4. The van der Waals surface area contributed by atoms with Crippen LogP contribution in [0.15, 0.2) is 75.8 Å². The van der Waals surface area contributed by atoms with E-state index in [0.717, 1.165) is 27.7 Å². The number of H-pyrrole nitrogens is 1. The van der Waals surface area contributed by atoms with Gasteiger partial charge in [-0.2, -0.15) is 0 Å². The van der Waals surface area contributed by atoms with Crippen LogP contribution in [0.2, 0.25) is 0 Å². The van der Waals surface area contributed by atoms with Crippen molar-refractivity contribution in [3.63, 3.8) is 0 Å². The van der Waals surface area contributed by atoms with E-state index < -0.39 is 5.25 Å². The zero-order valence-electron chi connectivity index (χ0n) is 16.4. The summed E-state index contributed by atoms with van der Waals surface area (Å²) in [6.45, 7) is 1.79. The van der Waals surface area contributed by atoms with Gasteiger partial charge in [-0.3, -0.25) is 4.79 Å². The molecule has 0 saturated carbocycles. The third-order valence-electron chi connectivity index (χ3n) is 4.68. The molecule has 0 aliphatic carbocycles. The number of nitrogens with one attached hydrogen (secondary N) is 2. The molecule has 9 heteroatoms. The van der Waals surface area contributed by atoms with Gasteiger partial charge in [-0.1, -0.05) is 60.3 Å². The highest BCUT2D eigenvalue weighted by Gasteiger charge is 2.21. The smallest absolute Gasteiger partial charge is 0.277 e. The summed E-state index contributed by atoms with van der Waals surface area (Å²) in [6, 6.07) is 17.7. The van der Waals surface area contributed by atoms with Gasteiger partial charge in [-0.25, -0.2) is 4.98 Å². The number of hydrogen-bond donors (Lipinski definition) is 2. The quantitative estimate of drug-likeness (QED) is 0.336. The molecule has 7 nitrogen and oxygen atoms in total. The Morgan fingerprint density at radius 3 is 2.81 bits per heavy atom. The number of carbonyl (C=O) groups excluding carboxylic acids is 1. The average Bonchev–Trinajstić information content (AvgIpc) is 3.54. The number of benzene rings is 2. The summed E-state index contributed by atoms with van der Waals surface area (Å²) in [5.41, 5.74) is 3.68. The predicted octanol–water partition coefficient (Wildman–Crippen LogP) is 5.46. The number of thiazole rings is 1. The van der Waals surface area contributed by atoms with E-state index in [1.165, 1.54) is 23.1 Å². The Kier molecular flexibility index (Phi) is 5.27. The molecule has 0 spiro atoms. The number of aromatic amines is 1. The number of amides is 1. The van der Waals surface area contributed by atoms with Gasteiger partial charge in [0.25, 0.3) is 11.1 Å². The van der Waals surface area contributed by atoms with Crippen molar-refractivity contribution in [2.45, 2.75) is 17.4 Å². The number of hydrogen-bond acceptors (Lipinski definition) is 7. The van der Waals surface area contributed by atoms with Gasteiger partial charge in [0.05, 0.1) is 16.5 Å². The second-order valence-electron chi connectivity index (χ2n) is 6.77. The largest absolute Gasteiger partial charge is 0.411 e. The monoisotopic (exact) mass is 447 g/mol. The molecule has 5 aromatic rings. The minimum absolute atomic E-state index is 0.175. The van der Waals surface area contributed by atoms with Crippen LogP contribution in [0.25, 0.3) is 33.6 Å². The highest BCUT2D eigenvalue weighted by Crippen LogP contribution is 2.31. The van der Waals surface area contributed by atoms with Crippen LogP contribution in [-0.4, -0.2) is 31.3 Å². The summed E-state index contributed by atoms with van der Waals surface area (Å²) < 4.78 is 5.80. The maximum Gasteiger partial charge on any atom is 0.277 e. The van der Waals surface area contributed by atoms with Crippen molar-refractivity contribution in [1.29, 1.82) is 0 Å². The topological polar surface area (TPSA) is 96.7 Å². The van der Waals surface area contributed by atoms with Crippen molar-refractivity contribution < 1.29 is 9.21 Å². The summed E-state index contributed by atoms with van der Waals surface area (Å²) >= 11 is 2.60. The third-order valence-corrected chi connectivity index (χ3v) is 6.37. The van der Waals surface area contributed by atoms with E-state index >= 15 is 0 Å². The first kappa shape index (κ1) is 19.5. The first-order valence-electron chi connectivity index (χ1n) is 9.56. The molecule has 2 N–H and O–H groups in total. The van der Waals surface area contributed by atoms with Crippen LogP contribution in [0.4, 0.5) is 5.13 Å².